The molecule has 3 rings (SSSR count). The third-order valence-electron chi connectivity index (χ3n) is 5.84. The second-order valence-corrected chi connectivity index (χ2v) is 11.6. The van der Waals surface area contributed by atoms with Gasteiger partial charge in [0, 0.05) is 18.4 Å². The monoisotopic (exact) mass is 465 g/mol. The van der Waals surface area contributed by atoms with Gasteiger partial charge in [0.1, 0.15) is 0 Å². The van der Waals surface area contributed by atoms with Gasteiger partial charge in [-0.1, -0.05) is 26.0 Å². The van der Waals surface area contributed by atoms with Crippen molar-refractivity contribution in [2.45, 2.75) is 63.7 Å². The Hall–Kier alpha value is -2.22. The maximum atomic E-state index is 14.0. The maximum Gasteiger partial charge on any atom is 0.229 e. The van der Waals surface area contributed by atoms with Gasteiger partial charge in [0.25, 0.3) is 0 Å². The molecule has 1 aromatic carbocycles. The fourth-order valence-corrected chi connectivity index (χ4v) is 5.60. The molecule has 1 aliphatic carbocycles. The Kier molecular flexibility index (Phi) is 7.75. The van der Waals surface area contributed by atoms with E-state index in [2.05, 4.69) is 5.32 Å². The van der Waals surface area contributed by atoms with Crippen molar-refractivity contribution in [3.8, 4) is 5.75 Å². The number of carbonyl (C=O) groups excluding carboxylic acids is 2. The van der Waals surface area contributed by atoms with E-state index in [0.29, 0.717) is 31.8 Å². The summed E-state index contributed by atoms with van der Waals surface area (Å²) in [5.74, 6) is -0.789. The van der Waals surface area contributed by atoms with Gasteiger partial charge in [-0.2, -0.15) is 0 Å². The van der Waals surface area contributed by atoms with E-state index in [-0.39, 0.29) is 34.1 Å². The highest BCUT2D eigenvalue weighted by molar-refractivity contribution is 7.91. The Labute approximate surface area is 189 Å². The zero-order valence-corrected chi connectivity index (χ0v) is 19.5. The van der Waals surface area contributed by atoms with Crippen molar-refractivity contribution in [3.05, 3.63) is 36.2 Å². The minimum Gasteiger partial charge on any atom is -0.490 e. The predicted octanol–water partition coefficient (Wildman–Crippen LogP) is 4.19. The van der Waals surface area contributed by atoms with Gasteiger partial charge >= 0.3 is 0 Å². The minimum absolute atomic E-state index is 0.0141. The molecule has 32 heavy (non-hydrogen) atoms. The van der Waals surface area contributed by atoms with E-state index in [1.54, 1.807) is 0 Å². The Morgan fingerprint density at radius 2 is 1.97 bits per heavy atom. The van der Waals surface area contributed by atoms with Crippen LogP contribution in [0.2, 0.25) is 0 Å². The highest BCUT2D eigenvalue weighted by Crippen LogP contribution is 2.32. The molecule has 1 aromatic rings. The van der Waals surface area contributed by atoms with Crippen LogP contribution < -0.4 is 10.1 Å². The lowest BCUT2D eigenvalue weighted by Gasteiger charge is -2.21. The fraction of sp³-hybridized carbons (Fsp3) is 0.583. The molecule has 0 spiro atoms. The first kappa shape index (κ1) is 24.4. The molecule has 0 bridgehead atoms. The molecule has 1 saturated carbocycles. The largest absolute Gasteiger partial charge is 0.490 e. The zero-order chi connectivity index (χ0) is 23.4. The van der Waals surface area contributed by atoms with Crippen LogP contribution in [-0.2, 0) is 19.4 Å². The molecule has 6 nitrogen and oxygen atoms in total. The lowest BCUT2D eigenvalue weighted by Crippen LogP contribution is -2.40. The summed E-state index contributed by atoms with van der Waals surface area (Å²) in [5.41, 5.74) is -0.614. The van der Waals surface area contributed by atoms with Crippen molar-refractivity contribution in [1.29, 1.82) is 0 Å². The van der Waals surface area contributed by atoms with E-state index in [1.807, 2.05) is 26.0 Å². The zero-order valence-electron chi connectivity index (χ0n) is 18.7. The van der Waals surface area contributed by atoms with E-state index in [4.69, 9.17) is 4.74 Å². The number of benzene rings is 1. The van der Waals surface area contributed by atoms with Crippen LogP contribution in [0.3, 0.4) is 0 Å². The number of carbonyl (C=O) groups is 2. The van der Waals surface area contributed by atoms with E-state index in [1.165, 1.54) is 12.1 Å². The quantitative estimate of drug-likeness (QED) is 0.229. The Morgan fingerprint density at radius 3 is 2.66 bits per heavy atom. The van der Waals surface area contributed by atoms with Crippen molar-refractivity contribution in [3.63, 3.8) is 0 Å². The molecule has 1 N–H and O–H groups in total. The molecule has 1 atom stereocenters. The number of piperidine rings is 1. The maximum absolute atomic E-state index is 14.0. The number of halogens is 1. The topological polar surface area (TPSA) is 89.5 Å². The van der Waals surface area contributed by atoms with Gasteiger partial charge in [0.05, 0.1) is 17.3 Å². The lowest BCUT2D eigenvalue weighted by molar-refractivity contribution is -0.136. The first-order chi connectivity index (χ1) is 15.1. The van der Waals surface area contributed by atoms with Gasteiger partial charge in [-0.3, -0.25) is 14.9 Å². The number of hydrogen-bond donors (Lipinski definition) is 1. The summed E-state index contributed by atoms with van der Waals surface area (Å²) in [4.78, 5) is 23.1. The standard InChI is InChI=1S/C24H32FNO5S/c1-24(2,13-5-3-4-6-18-9-12-22(27)26-23(18)28)16-32(29,30)19-10-11-20(25)21(14-19)31-15-17-7-8-17/h5,10-11,13-14,17-18H,3-4,6-9,12,15-16H2,1-2H3,(H,26,27,28)/b13-5+. The van der Waals surface area contributed by atoms with Crippen LogP contribution in [0.1, 0.15) is 58.8 Å². The highest BCUT2D eigenvalue weighted by atomic mass is 32.2. The Bertz CT molecular complexity index is 982. The normalized spacial score (nSPS) is 19.9. The molecule has 176 valence electrons. The van der Waals surface area contributed by atoms with Gasteiger partial charge in [-0.25, -0.2) is 12.8 Å². The van der Waals surface area contributed by atoms with Crippen LogP contribution in [0.25, 0.3) is 0 Å². The summed E-state index contributed by atoms with van der Waals surface area (Å²) in [7, 11) is -3.64. The molecule has 2 amide bonds. The molecule has 0 radical (unpaired) electrons. The van der Waals surface area contributed by atoms with Crippen molar-refractivity contribution in [2.24, 2.45) is 17.3 Å². The van der Waals surface area contributed by atoms with Crippen LogP contribution in [0, 0.1) is 23.1 Å². The second kappa shape index (κ2) is 10.1. The number of imide groups is 1. The molecule has 1 aliphatic heterocycles. The van der Waals surface area contributed by atoms with E-state index in [9.17, 15) is 22.4 Å². The van der Waals surface area contributed by atoms with Crippen LogP contribution in [-0.4, -0.2) is 32.6 Å². The van der Waals surface area contributed by atoms with Gasteiger partial charge < -0.3 is 4.74 Å². The van der Waals surface area contributed by atoms with Crippen LogP contribution in [0.4, 0.5) is 4.39 Å². The summed E-state index contributed by atoms with van der Waals surface area (Å²) in [5, 5.41) is 2.36. The molecule has 0 aromatic heterocycles. The Morgan fingerprint density at radius 1 is 1.22 bits per heavy atom. The van der Waals surface area contributed by atoms with Crippen molar-refractivity contribution < 1.29 is 27.1 Å². The molecule has 8 heteroatoms. The fourth-order valence-electron chi connectivity index (χ4n) is 3.80. The number of rotatable bonds is 11. The van der Waals surface area contributed by atoms with Crippen LogP contribution in [0.15, 0.2) is 35.2 Å². The van der Waals surface area contributed by atoms with Crippen LogP contribution >= 0.6 is 0 Å². The number of sulfone groups is 1. The van der Waals surface area contributed by atoms with E-state index >= 15 is 0 Å². The molecule has 2 aliphatic rings. The van der Waals surface area contributed by atoms with Gasteiger partial charge in [-0.05, 0) is 62.0 Å². The van der Waals surface area contributed by atoms with Crippen molar-refractivity contribution >= 4 is 21.7 Å². The van der Waals surface area contributed by atoms with Gasteiger partial charge in [0.2, 0.25) is 11.8 Å². The number of allylic oxidation sites excluding steroid dienone is 2. The van der Waals surface area contributed by atoms with Crippen molar-refractivity contribution in [2.75, 3.05) is 12.4 Å². The SMILES string of the molecule is CC(C)(/C=C/CCCC1CCC(=O)NC1=O)CS(=O)(=O)c1ccc(F)c(OCC2CC2)c1. The summed E-state index contributed by atoms with van der Waals surface area (Å²) < 4.78 is 45.4. The third-order valence-corrected chi connectivity index (χ3v) is 7.94. The molecule has 1 saturated heterocycles. The first-order valence-electron chi connectivity index (χ1n) is 11.2. The van der Waals surface area contributed by atoms with Gasteiger partial charge in [0.15, 0.2) is 21.4 Å². The molecule has 1 heterocycles. The first-order valence-corrected chi connectivity index (χ1v) is 12.9. The summed E-state index contributed by atoms with van der Waals surface area (Å²) in [6.45, 7) is 4.10. The number of ether oxygens (including phenoxy) is 1. The third kappa shape index (κ3) is 7.15. The molecular formula is C24H32FNO5S. The van der Waals surface area contributed by atoms with Crippen molar-refractivity contribution in [1.82, 2.24) is 5.32 Å². The van der Waals surface area contributed by atoms with E-state index < -0.39 is 21.1 Å². The molecule has 1 unspecified atom stereocenters. The predicted molar refractivity (Wildman–Crippen MR) is 119 cm³/mol. The van der Waals surface area contributed by atoms with Gasteiger partial charge in [-0.15, -0.1) is 0 Å². The highest BCUT2D eigenvalue weighted by Gasteiger charge is 2.28. The summed E-state index contributed by atoms with van der Waals surface area (Å²) in [6.07, 6.45) is 9.11. The minimum atomic E-state index is -3.64. The smallest absolute Gasteiger partial charge is 0.229 e. The lowest BCUT2D eigenvalue weighted by atomic mass is 9.92. The number of amides is 2. The Balaban J connectivity index is 1.52. The average molecular weight is 466 g/mol. The second-order valence-electron chi connectivity index (χ2n) is 9.58. The summed E-state index contributed by atoms with van der Waals surface area (Å²) in [6, 6.07) is 3.72. The van der Waals surface area contributed by atoms with E-state index in [0.717, 1.165) is 31.7 Å². The molecule has 2 fully saturated rings. The molecular weight excluding hydrogens is 433 g/mol. The summed E-state index contributed by atoms with van der Waals surface area (Å²) >= 11 is 0. The number of nitrogens with one attached hydrogen (secondary N) is 1. The van der Waals surface area contributed by atoms with Crippen LogP contribution in [0.5, 0.6) is 5.75 Å². The number of unbranched alkanes of at least 4 members (excludes halogenated alkanes) is 1. The average Bonchev–Trinajstić information content (AvgIpc) is 3.52. The number of hydrogen-bond acceptors (Lipinski definition) is 5.